The molecule has 8 nitrogen and oxygen atoms in total. The molecule has 0 saturated carbocycles. The van der Waals surface area contributed by atoms with Gasteiger partial charge in [0.25, 0.3) is 5.91 Å². The molecule has 2 aliphatic rings. The predicted octanol–water partition coefficient (Wildman–Crippen LogP) is 1.30. The zero-order valence-corrected chi connectivity index (χ0v) is 15.9. The van der Waals surface area contributed by atoms with E-state index in [4.69, 9.17) is 0 Å². The van der Waals surface area contributed by atoms with Crippen LogP contribution in [0.1, 0.15) is 31.2 Å². The van der Waals surface area contributed by atoms with Gasteiger partial charge in [-0.05, 0) is 24.3 Å². The van der Waals surface area contributed by atoms with Gasteiger partial charge in [-0.2, -0.15) is 0 Å². The SMILES string of the molecule is COC(=O)CC1CCN(C(=O)C[C@@H]2NC(=O)N(Cc3ccccc3)C2=O)CC1. The van der Waals surface area contributed by atoms with Crippen molar-refractivity contribution in [3.05, 3.63) is 35.9 Å². The summed E-state index contributed by atoms with van der Waals surface area (Å²) in [4.78, 5) is 51.5. The average Bonchev–Trinajstić information content (AvgIpc) is 2.96. The molecule has 2 fully saturated rings. The number of esters is 1. The Morgan fingerprint density at radius 2 is 1.79 bits per heavy atom. The van der Waals surface area contributed by atoms with Crippen molar-refractivity contribution in [2.75, 3.05) is 20.2 Å². The second-order valence-corrected chi connectivity index (χ2v) is 7.22. The molecule has 1 atom stereocenters. The van der Waals surface area contributed by atoms with Gasteiger partial charge in [0.05, 0.1) is 20.1 Å². The molecule has 2 heterocycles. The second kappa shape index (κ2) is 8.86. The lowest BCUT2D eigenvalue weighted by atomic mass is 9.93. The first-order valence-corrected chi connectivity index (χ1v) is 9.48. The van der Waals surface area contributed by atoms with Gasteiger partial charge < -0.3 is 15.0 Å². The summed E-state index contributed by atoms with van der Waals surface area (Å²) in [7, 11) is 1.37. The summed E-state index contributed by atoms with van der Waals surface area (Å²) < 4.78 is 4.69. The third kappa shape index (κ3) is 4.68. The van der Waals surface area contributed by atoms with Crippen LogP contribution in [0.5, 0.6) is 0 Å². The third-order valence-electron chi connectivity index (χ3n) is 5.32. The lowest BCUT2D eigenvalue weighted by molar-refractivity contribution is -0.142. The number of carbonyl (C=O) groups excluding carboxylic acids is 4. The Labute approximate surface area is 163 Å². The van der Waals surface area contributed by atoms with Gasteiger partial charge in [-0.1, -0.05) is 30.3 Å². The summed E-state index contributed by atoms with van der Waals surface area (Å²) in [6.45, 7) is 1.28. The monoisotopic (exact) mass is 387 g/mol. The number of hydrogen-bond acceptors (Lipinski definition) is 5. The molecular weight excluding hydrogens is 362 g/mol. The molecule has 1 N–H and O–H groups in total. The van der Waals surface area contributed by atoms with Gasteiger partial charge >= 0.3 is 12.0 Å². The molecule has 1 aromatic rings. The lowest BCUT2D eigenvalue weighted by Gasteiger charge is -2.32. The quantitative estimate of drug-likeness (QED) is 0.586. The maximum Gasteiger partial charge on any atom is 0.325 e. The van der Waals surface area contributed by atoms with E-state index in [-0.39, 0.29) is 36.7 Å². The number of nitrogens with one attached hydrogen (secondary N) is 1. The Kier molecular flexibility index (Phi) is 6.28. The molecule has 2 saturated heterocycles. The van der Waals surface area contributed by atoms with Crippen LogP contribution in [0, 0.1) is 5.92 Å². The highest BCUT2D eigenvalue weighted by Gasteiger charge is 2.40. The smallest absolute Gasteiger partial charge is 0.325 e. The van der Waals surface area contributed by atoms with Crippen LogP contribution in [0.3, 0.4) is 0 Å². The predicted molar refractivity (Wildman–Crippen MR) is 99.9 cm³/mol. The first-order valence-electron chi connectivity index (χ1n) is 9.48. The number of ether oxygens (including phenoxy) is 1. The van der Waals surface area contributed by atoms with Gasteiger partial charge in [0, 0.05) is 19.5 Å². The minimum atomic E-state index is -0.823. The summed E-state index contributed by atoms with van der Waals surface area (Å²) in [6.07, 6.45) is 1.78. The van der Waals surface area contributed by atoms with Crippen LogP contribution < -0.4 is 5.32 Å². The molecule has 0 spiro atoms. The van der Waals surface area contributed by atoms with Gasteiger partial charge in [-0.15, -0.1) is 0 Å². The third-order valence-corrected chi connectivity index (χ3v) is 5.32. The maximum absolute atomic E-state index is 12.6. The molecule has 0 radical (unpaired) electrons. The fourth-order valence-corrected chi connectivity index (χ4v) is 3.64. The van der Waals surface area contributed by atoms with Crippen LogP contribution in [0.4, 0.5) is 4.79 Å². The van der Waals surface area contributed by atoms with Crippen molar-refractivity contribution < 1.29 is 23.9 Å². The molecule has 3 rings (SSSR count). The molecule has 28 heavy (non-hydrogen) atoms. The van der Waals surface area contributed by atoms with Crippen LogP contribution in [0.25, 0.3) is 0 Å². The minimum Gasteiger partial charge on any atom is -0.469 e. The van der Waals surface area contributed by atoms with Crippen LogP contribution in [-0.4, -0.2) is 59.9 Å². The van der Waals surface area contributed by atoms with Crippen molar-refractivity contribution in [3.63, 3.8) is 0 Å². The van der Waals surface area contributed by atoms with Crippen molar-refractivity contribution in [2.45, 2.75) is 38.3 Å². The van der Waals surface area contributed by atoms with E-state index in [1.807, 2.05) is 30.3 Å². The molecule has 0 aliphatic carbocycles. The number of urea groups is 1. The van der Waals surface area contributed by atoms with Gasteiger partial charge in [-0.25, -0.2) is 4.79 Å². The van der Waals surface area contributed by atoms with E-state index in [9.17, 15) is 19.2 Å². The highest BCUT2D eigenvalue weighted by atomic mass is 16.5. The summed E-state index contributed by atoms with van der Waals surface area (Å²) >= 11 is 0. The van der Waals surface area contributed by atoms with Crippen molar-refractivity contribution in [3.8, 4) is 0 Å². The lowest BCUT2D eigenvalue weighted by Crippen LogP contribution is -2.43. The normalized spacial score (nSPS) is 20.2. The van der Waals surface area contributed by atoms with Crippen LogP contribution >= 0.6 is 0 Å². The number of benzene rings is 1. The molecular formula is C20H25N3O5. The van der Waals surface area contributed by atoms with Crippen LogP contribution in [0.2, 0.25) is 0 Å². The van der Waals surface area contributed by atoms with Crippen molar-refractivity contribution >= 4 is 23.8 Å². The fraction of sp³-hybridized carbons (Fsp3) is 0.500. The number of piperidine rings is 1. The van der Waals surface area contributed by atoms with Crippen LogP contribution in [-0.2, 0) is 25.7 Å². The second-order valence-electron chi connectivity index (χ2n) is 7.22. The first-order chi connectivity index (χ1) is 13.5. The Hall–Kier alpha value is -2.90. The number of amides is 4. The van der Waals surface area contributed by atoms with E-state index in [0.717, 1.165) is 23.3 Å². The molecule has 150 valence electrons. The number of rotatable bonds is 6. The van der Waals surface area contributed by atoms with Crippen molar-refractivity contribution in [2.24, 2.45) is 5.92 Å². The standard InChI is InChI=1S/C20H25N3O5/c1-28-18(25)11-14-7-9-22(10-8-14)17(24)12-16-19(26)23(20(27)21-16)13-15-5-3-2-4-6-15/h2-6,14,16H,7-13H2,1H3,(H,21,27)/t16-/m0/s1. The van der Waals surface area contributed by atoms with E-state index in [1.165, 1.54) is 7.11 Å². The maximum atomic E-state index is 12.6. The number of hydrogen-bond donors (Lipinski definition) is 1. The molecule has 1 aromatic carbocycles. The van der Waals surface area contributed by atoms with Gasteiger partial charge in [0.1, 0.15) is 6.04 Å². The fourth-order valence-electron chi connectivity index (χ4n) is 3.64. The average molecular weight is 387 g/mol. The number of imide groups is 1. The van der Waals surface area contributed by atoms with E-state index < -0.39 is 12.1 Å². The van der Waals surface area contributed by atoms with E-state index in [2.05, 4.69) is 10.1 Å². The zero-order valence-electron chi connectivity index (χ0n) is 15.9. The first kappa shape index (κ1) is 19.9. The Morgan fingerprint density at radius 3 is 2.43 bits per heavy atom. The summed E-state index contributed by atoms with van der Waals surface area (Å²) in [6, 6.07) is 7.96. The van der Waals surface area contributed by atoms with E-state index >= 15 is 0 Å². The Bertz CT molecular complexity index is 743. The number of carbonyl (C=O) groups is 4. The zero-order chi connectivity index (χ0) is 20.1. The molecule has 2 aliphatic heterocycles. The Balaban J connectivity index is 1.50. The molecule has 0 unspecified atom stereocenters. The van der Waals surface area contributed by atoms with Gasteiger partial charge in [-0.3, -0.25) is 19.3 Å². The Morgan fingerprint density at radius 1 is 1.11 bits per heavy atom. The molecule has 0 aromatic heterocycles. The summed E-state index contributed by atoms with van der Waals surface area (Å²) in [5.41, 5.74) is 0.852. The van der Waals surface area contributed by atoms with Crippen molar-refractivity contribution in [1.82, 2.24) is 15.1 Å². The summed E-state index contributed by atoms with van der Waals surface area (Å²) in [5, 5.41) is 2.62. The molecule has 8 heteroatoms. The van der Waals surface area contributed by atoms with Crippen molar-refractivity contribution in [1.29, 1.82) is 0 Å². The highest BCUT2D eigenvalue weighted by molar-refractivity contribution is 6.05. The van der Waals surface area contributed by atoms with Crippen LogP contribution in [0.15, 0.2) is 30.3 Å². The molecule has 4 amide bonds. The minimum absolute atomic E-state index is 0.0441. The van der Waals surface area contributed by atoms with Gasteiger partial charge in [0.2, 0.25) is 5.91 Å². The summed E-state index contributed by atoms with van der Waals surface area (Å²) in [5.74, 6) is -0.548. The molecule has 0 bridgehead atoms. The number of nitrogens with zero attached hydrogens (tertiary/aromatic N) is 2. The van der Waals surface area contributed by atoms with E-state index in [0.29, 0.717) is 19.5 Å². The number of likely N-dealkylation sites (tertiary alicyclic amines) is 1. The van der Waals surface area contributed by atoms with Gasteiger partial charge in [0.15, 0.2) is 0 Å². The van der Waals surface area contributed by atoms with E-state index in [1.54, 1.807) is 4.90 Å². The topological polar surface area (TPSA) is 96.0 Å². The number of methoxy groups -OCH3 is 1. The highest BCUT2D eigenvalue weighted by Crippen LogP contribution is 2.22. The largest absolute Gasteiger partial charge is 0.469 e.